The minimum absolute atomic E-state index is 0.0202. The van der Waals surface area contributed by atoms with Gasteiger partial charge in [0.25, 0.3) is 0 Å². The van der Waals surface area contributed by atoms with E-state index in [1.54, 1.807) is 24.3 Å². The molecular formula is C14H14ClN3O2. The van der Waals surface area contributed by atoms with Crippen molar-refractivity contribution in [3.63, 3.8) is 0 Å². The van der Waals surface area contributed by atoms with Crippen molar-refractivity contribution in [2.45, 2.75) is 13.5 Å². The zero-order chi connectivity index (χ0) is 14.5. The van der Waals surface area contributed by atoms with Crippen LogP contribution in [-0.2, 0) is 6.61 Å². The summed E-state index contributed by atoms with van der Waals surface area (Å²) in [6.07, 6.45) is 0. The number of rotatable bonds is 4. The van der Waals surface area contributed by atoms with Crippen LogP contribution < -0.4 is 10.5 Å². The molecule has 0 fully saturated rings. The van der Waals surface area contributed by atoms with E-state index in [1.807, 2.05) is 19.1 Å². The van der Waals surface area contributed by atoms with Gasteiger partial charge in [0.15, 0.2) is 5.84 Å². The third-order valence-electron chi connectivity index (χ3n) is 2.63. The third-order valence-corrected chi connectivity index (χ3v) is 2.89. The molecule has 1 heterocycles. The second-order valence-electron chi connectivity index (χ2n) is 4.24. The minimum atomic E-state index is 0.0202. The molecule has 2 aromatic rings. The topological polar surface area (TPSA) is 80.7 Å². The van der Waals surface area contributed by atoms with Crippen LogP contribution in [0.25, 0.3) is 0 Å². The van der Waals surface area contributed by atoms with Gasteiger partial charge < -0.3 is 15.7 Å². The first-order chi connectivity index (χ1) is 9.58. The summed E-state index contributed by atoms with van der Waals surface area (Å²) in [5, 5.41) is 12.3. The molecule has 0 aliphatic rings. The Kier molecular flexibility index (Phi) is 4.42. The SMILES string of the molecule is Cc1cc(/C(N)=N/O)cc(OCc2ccc(Cl)cc2)n1. The predicted molar refractivity (Wildman–Crippen MR) is 77.3 cm³/mol. The second-order valence-corrected chi connectivity index (χ2v) is 4.67. The highest BCUT2D eigenvalue weighted by Crippen LogP contribution is 2.15. The summed E-state index contributed by atoms with van der Waals surface area (Å²) in [5.74, 6) is 0.438. The summed E-state index contributed by atoms with van der Waals surface area (Å²) in [6, 6.07) is 10.7. The molecule has 0 atom stereocenters. The minimum Gasteiger partial charge on any atom is -0.473 e. The highest BCUT2D eigenvalue weighted by Gasteiger charge is 2.05. The molecule has 1 aromatic carbocycles. The zero-order valence-electron chi connectivity index (χ0n) is 10.9. The lowest BCUT2D eigenvalue weighted by Gasteiger charge is -2.08. The standard InChI is InChI=1S/C14H14ClN3O2/c1-9-6-11(14(16)18-19)7-13(17-9)20-8-10-2-4-12(15)5-3-10/h2-7,19H,8H2,1H3,(H2,16,18). The van der Waals surface area contributed by atoms with E-state index >= 15 is 0 Å². The molecule has 2 rings (SSSR count). The lowest BCUT2D eigenvalue weighted by atomic mass is 10.2. The molecule has 6 heteroatoms. The molecule has 3 N–H and O–H groups in total. The summed E-state index contributed by atoms with van der Waals surface area (Å²) < 4.78 is 5.60. The van der Waals surface area contributed by atoms with Crippen molar-refractivity contribution in [2.75, 3.05) is 0 Å². The predicted octanol–water partition coefficient (Wildman–Crippen LogP) is 2.72. The van der Waals surface area contributed by atoms with E-state index in [0.29, 0.717) is 23.1 Å². The number of pyridine rings is 1. The number of oxime groups is 1. The number of aryl methyl sites for hydroxylation is 1. The Morgan fingerprint density at radius 3 is 2.70 bits per heavy atom. The normalized spacial score (nSPS) is 11.4. The van der Waals surface area contributed by atoms with Crippen LogP contribution in [0.4, 0.5) is 0 Å². The van der Waals surface area contributed by atoms with E-state index in [9.17, 15) is 0 Å². The van der Waals surface area contributed by atoms with E-state index in [4.69, 9.17) is 27.3 Å². The molecule has 1 aromatic heterocycles. The van der Waals surface area contributed by atoms with E-state index in [-0.39, 0.29) is 5.84 Å². The summed E-state index contributed by atoms with van der Waals surface area (Å²) in [6.45, 7) is 2.17. The van der Waals surface area contributed by atoms with Gasteiger partial charge in [-0.2, -0.15) is 0 Å². The van der Waals surface area contributed by atoms with Crippen molar-refractivity contribution >= 4 is 17.4 Å². The zero-order valence-corrected chi connectivity index (χ0v) is 11.6. The molecular weight excluding hydrogens is 278 g/mol. The van der Waals surface area contributed by atoms with Gasteiger partial charge in [-0.1, -0.05) is 28.9 Å². The Morgan fingerprint density at radius 2 is 2.05 bits per heavy atom. The fourth-order valence-corrected chi connectivity index (χ4v) is 1.78. The Labute approximate surface area is 121 Å². The van der Waals surface area contributed by atoms with Crippen LogP contribution in [-0.4, -0.2) is 16.0 Å². The Morgan fingerprint density at radius 1 is 1.35 bits per heavy atom. The first kappa shape index (κ1) is 14.1. The average Bonchev–Trinajstić information content (AvgIpc) is 2.45. The Balaban J connectivity index is 2.13. The van der Waals surface area contributed by atoms with Crippen LogP contribution in [0.3, 0.4) is 0 Å². The van der Waals surface area contributed by atoms with Gasteiger partial charge in [-0.05, 0) is 30.7 Å². The highest BCUT2D eigenvalue weighted by molar-refractivity contribution is 6.30. The maximum atomic E-state index is 8.69. The first-order valence-corrected chi connectivity index (χ1v) is 6.30. The number of halogens is 1. The fourth-order valence-electron chi connectivity index (χ4n) is 1.66. The van der Waals surface area contributed by atoms with Gasteiger partial charge in [0.1, 0.15) is 6.61 Å². The van der Waals surface area contributed by atoms with Crippen LogP contribution in [0, 0.1) is 6.92 Å². The molecule has 104 valence electrons. The van der Waals surface area contributed by atoms with Crippen molar-refractivity contribution < 1.29 is 9.94 Å². The van der Waals surface area contributed by atoms with Crippen LogP contribution in [0.5, 0.6) is 5.88 Å². The first-order valence-electron chi connectivity index (χ1n) is 5.92. The van der Waals surface area contributed by atoms with Gasteiger partial charge in [0.05, 0.1) is 0 Å². The number of nitrogens with zero attached hydrogens (tertiary/aromatic N) is 2. The third kappa shape index (κ3) is 3.61. The van der Waals surface area contributed by atoms with Crippen LogP contribution in [0.2, 0.25) is 5.02 Å². The molecule has 0 aliphatic carbocycles. The van der Waals surface area contributed by atoms with Gasteiger partial charge in [-0.3, -0.25) is 0 Å². The average molecular weight is 292 g/mol. The summed E-state index contributed by atoms with van der Waals surface area (Å²) >= 11 is 5.82. The number of hydrogen-bond donors (Lipinski definition) is 2. The molecule has 0 saturated heterocycles. The summed E-state index contributed by atoms with van der Waals surface area (Å²) in [5.41, 5.74) is 7.82. The van der Waals surface area contributed by atoms with E-state index in [0.717, 1.165) is 11.3 Å². The van der Waals surface area contributed by atoms with Gasteiger partial charge in [0.2, 0.25) is 5.88 Å². The molecule has 0 bridgehead atoms. The number of ether oxygens (including phenoxy) is 1. The lowest BCUT2D eigenvalue weighted by molar-refractivity contribution is 0.293. The fraction of sp³-hybridized carbons (Fsp3) is 0.143. The molecule has 0 saturated carbocycles. The van der Waals surface area contributed by atoms with Crippen LogP contribution in [0.1, 0.15) is 16.8 Å². The van der Waals surface area contributed by atoms with Gasteiger partial charge >= 0.3 is 0 Å². The highest BCUT2D eigenvalue weighted by atomic mass is 35.5. The van der Waals surface area contributed by atoms with Crippen molar-refractivity contribution in [3.05, 3.63) is 58.2 Å². The lowest BCUT2D eigenvalue weighted by Crippen LogP contribution is -2.14. The second kappa shape index (κ2) is 6.25. The van der Waals surface area contributed by atoms with Gasteiger partial charge in [-0.25, -0.2) is 4.98 Å². The van der Waals surface area contributed by atoms with E-state index in [1.165, 1.54) is 0 Å². The number of nitrogens with two attached hydrogens (primary N) is 1. The number of benzene rings is 1. The van der Waals surface area contributed by atoms with Crippen molar-refractivity contribution in [1.29, 1.82) is 0 Å². The maximum Gasteiger partial charge on any atom is 0.214 e. The molecule has 0 amide bonds. The summed E-state index contributed by atoms with van der Waals surface area (Å²) in [7, 11) is 0. The Hall–Kier alpha value is -2.27. The van der Waals surface area contributed by atoms with Crippen molar-refractivity contribution in [2.24, 2.45) is 10.9 Å². The monoisotopic (exact) mass is 291 g/mol. The number of amidine groups is 1. The van der Waals surface area contributed by atoms with E-state index in [2.05, 4.69) is 10.1 Å². The molecule has 0 aliphatic heterocycles. The molecule has 0 unspecified atom stereocenters. The molecule has 0 spiro atoms. The smallest absolute Gasteiger partial charge is 0.214 e. The quantitative estimate of drug-likeness (QED) is 0.393. The van der Waals surface area contributed by atoms with E-state index < -0.39 is 0 Å². The largest absolute Gasteiger partial charge is 0.473 e. The Bertz CT molecular complexity index is 627. The maximum absolute atomic E-state index is 8.69. The molecule has 5 nitrogen and oxygen atoms in total. The molecule has 20 heavy (non-hydrogen) atoms. The summed E-state index contributed by atoms with van der Waals surface area (Å²) in [4.78, 5) is 4.24. The van der Waals surface area contributed by atoms with Crippen molar-refractivity contribution in [3.8, 4) is 5.88 Å². The van der Waals surface area contributed by atoms with Gasteiger partial charge in [-0.15, -0.1) is 0 Å². The molecule has 0 radical (unpaired) electrons. The van der Waals surface area contributed by atoms with Crippen LogP contribution >= 0.6 is 11.6 Å². The van der Waals surface area contributed by atoms with Crippen LogP contribution in [0.15, 0.2) is 41.6 Å². The van der Waals surface area contributed by atoms with Gasteiger partial charge in [0, 0.05) is 22.3 Å². The number of aromatic nitrogens is 1. The van der Waals surface area contributed by atoms with Crippen molar-refractivity contribution in [1.82, 2.24) is 4.98 Å². The number of hydrogen-bond acceptors (Lipinski definition) is 4.